The number of aromatic nitrogens is 6. The Morgan fingerprint density at radius 1 is 1.14 bits per heavy atom. The summed E-state index contributed by atoms with van der Waals surface area (Å²) in [5.41, 5.74) is 4.11. The molecule has 2 aliphatic heterocycles. The number of nitrogens with zero attached hydrogens (tertiary/aromatic N) is 8. The minimum absolute atomic E-state index is 0.104. The zero-order valence-electron chi connectivity index (χ0n) is 20.7. The first-order valence-electron chi connectivity index (χ1n) is 12.1. The second kappa shape index (κ2) is 8.75. The molecule has 0 radical (unpaired) electrons. The first-order chi connectivity index (χ1) is 17.8. The van der Waals surface area contributed by atoms with Gasteiger partial charge in [0.05, 0.1) is 11.4 Å². The molecule has 1 saturated heterocycles. The third-order valence-electron chi connectivity index (χ3n) is 7.39. The zero-order chi connectivity index (χ0) is 25.9. The van der Waals surface area contributed by atoms with Gasteiger partial charge in [-0.3, -0.25) is 13.9 Å². The quantitative estimate of drug-likeness (QED) is 0.366. The molecule has 1 spiro atoms. The van der Waals surface area contributed by atoms with Gasteiger partial charge in [0.25, 0.3) is 5.91 Å². The number of likely N-dealkylation sites (tertiary alicyclic amines) is 1. The SMILES string of the molecule is CCn1c(-c2cnc(C)nc2)nc2c(-c3ccc4c(c3)[C@@]3(CCCN3CS(=O)[O-])C(=O)N4C)ncnc21. The first-order valence-corrected chi connectivity index (χ1v) is 13.3. The minimum Gasteiger partial charge on any atom is -0.771 e. The van der Waals surface area contributed by atoms with Crippen LogP contribution in [0.5, 0.6) is 0 Å². The summed E-state index contributed by atoms with van der Waals surface area (Å²) in [4.78, 5) is 39.6. The molecule has 1 aromatic carbocycles. The fraction of sp³-hybridized carbons (Fsp3) is 0.360. The Hall–Kier alpha value is -3.61. The van der Waals surface area contributed by atoms with Gasteiger partial charge in [0, 0.05) is 49.3 Å². The summed E-state index contributed by atoms with van der Waals surface area (Å²) >= 11 is -2.30. The van der Waals surface area contributed by atoms with Crippen LogP contribution in [0.25, 0.3) is 33.8 Å². The van der Waals surface area contributed by atoms with Crippen molar-refractivity contribution in [2.24, 2.45) is 0 Å². The van der Waals surface area contributed by atoms with Gasteiger partial charge in [-0.1, -0.05) is 6.07 Å². The molecule has 1 fully saturated rings. The molecule has 2 atom stereocenters. The number of anilines is 1. The lowest BCUT2D eigenvalue weighted by Gasteiger charge is -2.34. The van der Waals surface area contributed by atoms with Crippen LogP contribution in [0.2, 0.25) is 0 Å². The number of aryl methyl sites for hydroxylation is 2. The Kier molecular flexibility index (Phi) is 5.62. The highest BCUT2D eigenvalue weighted by Gasteiger charge is 2.55. The Balaban J connectivity index is 1.53. The summed E-state index contributed by atoms with van der Waals surface area (Å²) in [6.07, 6.45) is 6.31. The van der Waals surface area contributed by atoms with Crippen molar-refractivity contribution in [1.82, 2.24) is 34.4 Å². The number of amides is 1. The summed E-state index contributed by atoms with van der Waals surface area (Å²) < 4.78 is 25.3. The average molecular weight is 518 g/mol. The van der Waals surface area contributed by atoms with Crippen LogP contribution in [0, 0.1) is 6.92 Å². The fourth-order valence-corrected chi connectivity index (χ4v) is 6.31. The van der Waals surface area contributed by atoms with Crippen molar-refractivity contribution in [3.05, 3.63) is 48.3 Å². The lowest BCUT2D eigenvalue weighted by atomic mass is 9.87. The molecule has 0 bridgehead atoms. The number of likely N-dealkylation sites (N-methyl/N-ethyl adjacent to an activating group) is 1. The van der Waals surface area contributed by atoms with E-state index in [1.54, 1.807) is 29.2 Å². The van der Waals surface area contributed by atoms with Crippen molar-refractivity contribution in [2.75, 3.05) is 24.4 Å². The summed E-state index contributed by atoms with van der Waals surface area (Å²) in [7, 11) is 1.74. The third kappa shape index (κ3) is 3.50. The van der Waals surface area contributed by atoms with Crippen molar-refractivity contribution < 1.29 is 13.6 Å². The van der Waals surface area contributed by atoms with Crippen molar-refractivity contribution >= 4 is 33.8 Å². The Morgan fingerprint density at radius 3 is 2.65 bits per heavy atom. The molecule has 37 heavy (non-hydrogen) atoms. The van der Waals surface area contributed by atoms with Crippen LogP contribution in [-0.2, 0) is 28.0 Å². The van der Waals surface area contributed by atoms with Crippen LogP contribution < -0.4 is 4.90 Å². The molecule has 0 aliphatic carbocycles. The molecule has 0 N–H and O–H groups in total. The minimum atomic E-state index is -2.30. The maximum absolute atomic E-state index is 13.5. The third-order valence-corrected chi connectivity index (χ3v) is 7.91. The highest BCUT2D eigenvalue weighted by Crippen LogP contribution is 2.50. The molecule has 5 heterocycles. The number of rotatable bonds is 5. The number of imidazole rings is 1. The molecule has 0 saturated carbocycles. The molecule has 3 aromatic heterocycles. The Morgan fingerprint density at radius 2 is 1.92 bits per heavy atom. The van der Waals surface area contributed by atoms with Crippen LogP contribution in [0.1, 0.15) is 31.2 Å². The normalized spacial score (nSPS) is 20.3. The van der Waals surface area contributed by atoms with Crippen LogP contribution in [-0.4, -0.2) is 68.5 Å². The lowest BCUT2D eigenvalue weighted by Crippen LogP contribution is -2.49. The number of carbonyl (C=O) groups excluding carboxylic acids is 1. The first kappa shape index (κ1) is 23.8. The van der Waals surface area contributed by atoms with E-state index in [0.29, 0.717) is 48.0 Å². The smallest absolute Gasteiger partial charge is 0.251 e. The van der Waals surface area contributed by atoms with Gasteiger partial charge in [-0.15, -0.1) is 0 Å². The Bertz CT molecular complexity index is 1570. The predicted octanol–water partition coefficient (Wildman–Crippen LogP) is 2.38. The maximum atomic E-state index is 13.5. The van der Waals surface area contributed by atoms with E-state index in [4.69, 9.17) is 4.98 Å². The van der Waals surface area contributed by atoms with Crippen molar-refractivity contribution in [1.29, 1.82) is 0 Å². The number of carbonyl (C=O) groups is 1. The van der Waals surface area contributed by atoms with E-state index in [2.05, 4.69) is 19.9 Å². The van der Waals surface area contributed by atoms with Gasteiger partial charge >= 0.3 is 0 Å². The van der Waals surface area contributed by atoms with Gasteiger partial charge in [-0.05, 0) is 49.9 Å². The molecule has 190 valence electrons. The Labute approximate surface area is 215 Å². The maximum Gasteiger partial charge on any atom is 0.251 e. The molecule has 12 heteroatoms. The van der Waals surface area contributed by atoms with Gasteiger partial charge in [-0.25, -0.2) is 24.9 Å². The van der Waals surface area contributed by atoms with E-state index >= 15 is 0 Å². The fourth-order valence-electron chi connectivity index (χ4n) is 5.71. The number of fused-ring (bicyclic) bond motifs is 3. The molecule has 1 amide bonds. The summed E-state index contributed by atoms with van der Waals surface area (Å²) in [5, 5.41) is 0. The second-order valence-corrected chi connectivity index (χ2v) is 10.2. The lowest BCUT2D eigenvalue weighted by molar-refractivity contribution is -0.127. The summed E-state index contributed by atoms with van der Waals surface area (Å²) in [5.74, 6) is 1.08. The van der Waals surface area contributed by atoms with Gasteiger partial charge in [0.15, 0.2) is 5.65 Å². The van der Waals surface area contributed by atoms with E-state index in [1.165, 1.54) is 6.33 Å². The number of benzene rings is 1. The van der Waals surface area contributed by atoms with E-state index in [-0.39, 0.29) is 11.8 Å². The predicted molar refractivity (Wildman–Crippen MR) is 137 cm³/mol. The van der Waals surface area contributed by atoms with Crippen LogP contribution >= 0.6 is 0 Å². The highest BCUT2D eigenvalue weighted by molar-refractivity contribution is 7.79. The molecular weight excluding hydrogens is 492 g/mol. The number of hydrogen-bond acceptors (Lipinski definition) is 9. The van der Waals surface area contributed by atoms with Gasteiger partial charge < -0.3 is 14.0 Å². The van der Waals surface area contributed by atoms with Gasteiger partial charge in [0.2, 0.25) is 0 Å². The molecule has 11 nitrogen and oxygen atoms in total. The second-order valence-electron chi connectivity index (χ2n) is 9.35. The number of hydrogen-bond donors (Lipinski definition) is 0. The van der Waals surface area contributed by atoms with Crippen LogP contribution in [0.4, 0.5) is 5.69 Å². The highest BCUT2D eigenvalue weighted by atomic mass is 32.2. The van der Waals surface area contributed by atoms with Crippen LogP contribution in [0.3, 0.4) is 0 Å². The van der Waals surface area contributed by atoms with E-state index in [9.17, 15) is 13.6 Å². The molecule has 1 unspecified atom stereocenters. The largest absolute Gasteiger partial charge is 0.771 e. The summed E-state index contributed by atoms with van der Waals surface area (Å²) in [6.45, 7) is 5.04. The van der Waals surface area contributed by atoms with Crippen molar-refractivity contribution in [3.63, 3.8) is 0 Å². The van der Waals surface area contributed by atoms with Crippen LogP contribution in [0.15, 0.2) is 36.9 Å². The molecule has 6 rings (SSSR count). The van der Waals surface area contributed by atoms with E-state index in [1.807, 2.05) is 36.6 Å². The molecular formula is C25H25N8O3S-. The van der Waals surface area contributed by atoms with E-state index < -0.39 is 16.6 Å². The molecule has 4 aromatic rings. The van der Waals surface area contributed by atoms with Crippen molar-refractivity contribution in [2.45, 2.75) is 38.8 Å². The average Bonchev–Trinajstić information content (AvgIpc) is 3.54. The van der Waals surface area contributed by atoms with Crippen molar-refractivity contribution in [3.8, 4) is 22.6 Å². The zero-order valence-corrected chi connectivity index (χ0v) is 21.5. The molecule has 2 aliphatic rings. The van der Waals surface area contributed by atoms with Gasteiger partial charge in [0.1, 0.15) is 34.7 Å². The standard InChI is InChI=1S/C25H26N8O3S/c1-4-33-22(17-11-26-15(2)27-12-17)30-21-20(28-13-29-23(21)33)16-6-7-19-18(10-16)25(24(34)31(19)3)8-5-9-32(25)14-37(35)36/h6-7,10-13H,4-5,8-9,14H2,1-3H3,(H,35,36)/p-1/t25-/m0/s1. The topological polar surface area (TPSA) is 133 Å². The summed E-state index contributed by atoms with van der Waals surface area (Å²) in [6, 6.07) is 5.79. The van der Waals surface area contributed by atoms with E-state index in [0.717, 1.165) is 28.8 Å². The van der Waals surface area contributed by atoms with Gasteiger partial charge in [-0.2, -0.15) is 0 Å². The monoisotopic (exact) mass is 517 g/mol.